The van der Waals surface area contributed by atoms with E-state index in [1.54, 1.807) is 0 Å². The minimum Gasteiger partial charge on any atom is -0.376 e. The van der Waals surface area contributed by atoms with Gasteiger partial charge in [-0.05, 0) is 24.5 Å². The van der Waals surface area contributed by atoms with E-state index in [9.17, 15) is 0 Å². The number of ether oxygens (including phenoxy) is 1. The predicted octanol–water partition coefficient (Wildman–Crippen LogP) is 4.15. The summed E-state index contributed by atoms with van der Waals surface area (Å²) in [4.78, 5) is 6.93. The normalized spacial score (nSPS) is 17.9. The zero-order chi connectivity index (χ0) is 19.3. The number of aromatic nitrogens is 2. The van der Waals surface area contributed by atoms with E-state index in [0.717, 1.165) is 38.5 Å². The minimum atomic E-state index is 0.230. The molecule has 0 bridgehead atoms. The molecule has 4 heteroatoms. The van der Waals surface area contributed by atoms with E-state index in [1.165, 1.54) is 16.8 Å². The highest BCUT2D eigenvalue weighted by Gasteiger charge is 2.26. The van der Waals surface area contributed by atoms with Crippen LogP contribution in [0.25, 0.3) is 0 Å². The number of benzene rings is 2. The topological polar surface area (TPSA) is 30.3 Å². The van der Waals surface area contributed by atoms with E-state index in [0.29, 0.717) is 5.92 Å². The van der Waals surface area contributed by atoms with Gasteiger partial charge in [0, 0.05) is 38.8 Å². The van der Waals surface area contributed by atoms with Gasteiger partial charge in [-0.15, -0.1) is 0 Å². The summed E-state index contributed by atoms with van der Waals surface area (Å²) in [5.74, 6) is 1.42. The third-order valence-corrected chi connectivity index (χ3v) is 5.83. The van der Waals surface area contributed by atoms with Gasteiger partial charge in [0.25, 0.3) is 0 Å². The Balaban J connectivity index is 1.48. The van der Waals surface area contributed by atoms with E-state index in [2.05, 4.69) is 89.1 Å². The molecule has 146 valence electrons. The average molecular weight is 376 g/mol. The van der Waals surface area contributed by atoms with Gasteiger partial charge in [-0.2, -0.15) is 0 Å². The molecule has 0 aliphatic carbocycles. The van der Waals surface area contributed by atoms with Crippen LogP contribution in [0.1, 0.15) is 35.0 Å². The first kappa shape index (κ1) is 18.9. The summed E-state index contributed by atoms with van der Waals surface area (Å²) in [7, 11) is 2.09. The van der Waals surface area contributed by atoms with Crippen LogP contribution >= 0.6 is 0 Å². The molecule has 0 radical (unpaired) electrons. The Kier molecular flexibility index (Phi) is 5.89. The highest BCUT2D eigenvalue weighted by atomic mass is 16.5. The van der Waals surface area contributed by atoms with Crippen LogP contribution in [0.2, 0.25) is 0 Å². The van der Waals surface area contributed by atoms with Gasteiger partial charge in [-0.3, -0.25) is 4.90 Å². The second-order valence-corrected chi connectivity index (χ2v) is 7.69. The average Bonchev–Trinajstić information content (AvgIpc) is 3.06. The van der Waals surface area contributed by atoms with E-state index in [4.69, 9.17) is 4.74 Å². The fourth-order valence-electron chi connectivity index (χ4n) is 4.09. The third-order valence-electron chi connectivity index (χ3n) is 5.83. The first-order chi connectivity index (χ1) is 13.7. The molecule has 3 aromatic rings. The van der Waals surface area contributed by atoms with Crippen molar-refractivity contribution in [3.63, 3.8) is 0 Å². The minimum absolute atomic E-state index is 0.230. The van der Waals surface area contributed by atoms with Crippen LogP contribution < -0.4 is 0 Å². The van der Waals surface area contributed by atoms with Crippen LogP contribution in [0.3, 0.4) is 0 Å². The Morgan fingerprint density at radius 3 is 2.25 bits per heavy atom. The fourth-order valence-corrected chi connectivity index (χ4v) is 4.09. The maximum atomic E-state index is 6.19. The molecule has 0 spiro atoms. The van der Waals surface area contributed by atoms with Gasteiger partial charge in [0.15, 0.2) is 0 Å². The van der Waals surface area contributed by atoms with E-state index < -0.39 is 0 Å². The third kappa shape index (κ3) is 4.34. The molecule has 1 fully saturated rings. The Hall–Kier alpha value is -2.43. The molecule has 0 saturated carbocycles. The largest absolute Gasteiger partial charge is 0.376 e. The molecule has 1 aliphatic rings. The zero-order valence-corrected chi connectivity index (χ0v) is 16.8. The summed E-state index contributed by atoms with van der Waals surface area (Å²) in [5, 5.41) is 0. The number of aryl methyl sites for hydroxylation is 1. The molecule has 2 heterocycles. The maximum Gasteiger partial charge on any atom is 0.105 e. The second kappa shape index (κ2) is 8.72. The summed E-state index contributed by atoms with van der Waals surface area (Å²) < 4.78 is 8.37. The number of morpholine rings is 1. The van der Waals surface area contributed by atoms with Crippen molar-refractivity contribution in [3.05, 3.63) is 89.5 Å². The van der Waals surface area contributed by atoms with Gasteiger partial charge in [-0.1, -0.05) is 60.7 Å². The maximum absolute atomic E-state index is 6.19. The summed E-state index contributed by atoms with van der Waals surface area (Å²) >= 11 is 0. The molecule has 0 N–H and O–H groups in total. The number of nitrogens with zero attached hydrogens (tertiary/aromatic N) is 3. The van der Waals surface area contributed by atoms with Crippen molar-refractivity contribution in [2.45, 2.75) is 31.9 Å². The molecular weight excluding hydrogens is 346 g/mol. The summed E-state index contributed by atoms with van der Waals surface area (Å²) in [6.45, 7) is 5.70. The predicted molar refractivity (Wildman–Crippen MR) is 112 cm³/mol. The van der Waals surface area contributed by atoms with Crippen LogP contribution in [0.15, 0.2) is 66.9 Å². The quantitative estimate of drug-likeness (QED) is 0.648. The SMILES string of the molecule is Cc1ncc(CN2CCO[C@@H](CC(c3ccccc3)c3ccccc3)C2)n1C. The van der Waals surface area contributed by atoms with Gasteiger partial charge < -0.3 is 9.30 Å². The fraction of sp³-hybridized carbons (Fsp3) is 0.375. The van der Waals surface area contributed by atoms with E-state index in [-0.39, 0.29) is 6.10 Å². The van der Waals surface area contributed by atoms with E-state index >= 15 is 0 Å². The number of imidazole rings is 1. The highest BCUT2D eigenvalue weighted by molar-refractivity contribution is 5.32. The molecule has 1 atom stereocenters. The standard InChI is InChI=1S/C24H29N3O/c1-19-25-16-22(26(19)2)17-27-13-14-28-23(18-27)15-24(20-9-5-3-6-10-20)21-11-7-4-8-12-21/h3-12,16,23-24H,13-15,17-18H2,1-2H3/t23-/m0/s1. The lowest BCUT2D eigenvalue weighted by molar-refractivity contribution is -0.0370. The van der Waals surface area contributed by atoms with Crippen molar-refractivity contribution < 1.29 is 4.74 Å². The van der Waals surface area contributed by atoms with Crippen molar-refractivity contribution >= 4 is 0 Å². The van der Waals surface area contributed by atoms with Crippen LogP contribution in [0, 0.1) is 6.92 Å². The smallest absolute Gasteiger partial charge is 0.105 e. The molecule has 0 unspecified atom stereocenters. The van der Waals surface area contributed by atoms with Crippen molar-refractivity contribution in [2.75, 3.05) is 19.7 Å². The first-order valence-electron chi connectivity index (χ1n) is 10.1. The number of hydrogen-bond donors (Lipinski definition) is 0. The van der Waals surface area contributed by atoms with Gasteiger partial charge in [0.2, 0.25) is 0 Å². The van der Waals surface area contributed by atoms with Crippen LogP contribution in [0.5, 0.6) is 0 Å². The summed E-state index contributed by atoms with van der Waals surface area (Å²) in [5.41, 5.74) is 3.98. The molecule has 28 heavy (non-hydrogen) atoms. The monoisotopic (exact) mass is 375 g/mol. The van der Waals surface area contributed by atoms with Crippen LogP contribution in [-0.4, -0.2) is 40.3 Å². The molecule has 1 aromatic heterocycles. The van der Waals surface area contributed by atoms with Crippen LogP contribution in [0.4, 0.5) is 0 Å². The second-order valence-electron chi connectivity index (χ2n) is 7.69. The number of rotatable bonds is 6. The highest BCUT2D eigenvalue weighted by Crippen LogP contribution is 2.31. The lowest BCUT2D eigenvalue weighted by atomic mass is 9.86. The number of hydrogen-bond acceptors (Lipinski definition) is 3. The van der Waals surface area contributed by atoms with E-state index in [1.807, 2.05) is 6.20 Å². The molecule has 0 amide bonds. The lowest BCUT2D eigenvalue weighted by Gasteiger charge is -2.35. The van der Waals surface area contributed by atoms with Gasteiger partial charge >= 0.3 is 0 Å². The molecular formula is C24H29N3O. The van der Waals surface area contributed by atoms with Crippen LogP contribution in [-0.2, 0) is 18.3 Å². The van der Waals surface area contributed by atoms with Crippen molar-refractivity contribution in [1.82, 2.24) is 14.5 Å². The lowest BCUT2D eigenvalue weighted by Crippen LogP contribution is -2.42. The van der Waals surface area contributed by atoms with Gasteiger partial charge in [-0.25, -0.2) is 4.98 Å². The van der Waals surface area contributed by atoms with Gasteiger partial charge in [0.05, 0.1) is 18.4 Å². The van der Waals surface area contributed by atoms with Crippen molar-refractivity contribution in [1.29, 1.82) is 0 Å². The molecule has 1 saturated heterocycles. The zero-order valence-electron chi connectivity index (χ0n) is 16.8. The molecule has 4 nitrogen and oxygen atoms in total. The Morgan fingerprint density at radius 1 is 1.04 bits per heavy atom. The molecule has 4 rings (SSSR count). The Labute approximate surface area is 167 Å². The Morgan fingerprint density at radius 2 is 1.68 bits per heavy atom. The summed E-state index contributed by atoms with van der Waals surface area (Å²) in [6, 6.07) is 21.6. The first-order valence-corrected chi connectivity index (χ1v) is 10.1. The molecule has 1 aliphatic heterocycles. The summed E-state index contributed by atoms with van der Waals surface area (Å²) in [6.07, 6.45) is 3.22. The Bertz CT molecular complexity index is 836. The van der Waals surface area contributed by atoms with Crippen molar-refractivity contribution in [3.8, 4) is 0 Å². The molecule has 2 aromatic carbocycles. The van der Waals surface area contributed by atoms with Crippen molar-refractivity contribution in [2.24, 2.45) is 7.05 Å². The van der Waals surface area contributed by atoms with Gasteiger partial charge in [0.1, 0.15) is 5.82 Å².